The molecule has 6 nitrogen and oxygen atoms in total. The molecule has 0 saturated carbocycles. The lowest BCUT2D eigenvalue weighted by Crippen LogP contribution is -2.62. The zero-order valence-electron chi connectivity index (χ0n) is 15.9. The summed E-state index contributed by atoms with van der Waals surface area (Å²) in [6.07, 6.45) is 0.848. The molecule has 1 aromatic heterocycles. The number of hydrogen-bond donors (Lipinski definition) is 3. The van der Waals surface area contributed by atoms with Gasteiger partial charge in [0.1, 0.15) is 0 Å². The quantitative estimate of drug-likeness (QED) is 0.601. The van der Waals surface area contributed by atoms with Gasteiger partial charge < -0.3 is 15.7 Å². The molecule has 0 saturated heterocycles. The number of nitrogens with zero attached hydrogens (tertiary/aromatic N) is 1. The largest absolute Gasteiger partial charge is 0.359 e. The lowest BCUT2D eigenvalue weighted by Gasteiger charge is -2.42. The van der Waals surface area contributed by atoms with Crippen molar-refractivity contribution in [1.82, 2.24) is 5.32 Å². The molecule has 0 spiro atoms. The van der Waals surface area contributed by atoms with E-state index in [4.69, 9.17) is 0 Å². The van der Waals surface area contributed by atoms with Crippen LogP contribution in [0.25, 0.3) is 0 Å². The fraction of sp³-hybridized carbons (Fsp3) is 0.182. The minimum atomic E-state index is -2.18. The summed E-state index contributed by atoms with van der Waals surface area (Å²) in [5, 5.41) is 19.1. The fourth-order valence-corrected chi connectivity index (χ4v) is 4.09. The predicted octanol–water partition coefficient (Wildman–Crippen LogP) is 3.82. The molecule has 1 aliphatic rings. The first kappa shape index (κ1) is 19.2. The average molecular weight is 407 g/mol. The Morgan fingerprint density at radius 1 is 1.14 bits per heavy atom. The molecule has 7 heteroatoms. The van der Waals surface area contributed by atoms with Gasteiger partial charge in [-0.3, -0.25) is 9.69 Å². The number of carbonyl (C=O) groups excluding carboxylic acids is 2. The van der Waals surface area contributed by atoms with Crippen LogP contribution in [-0.4, -0.2) is 17.0 Å². The van der Waals surface area contributed by atoms with Gasteiger partial charge in [0, 0.05) is 16.1 Å². The molecule has 29 heavy (non-hydrogen) atoms. The van der Waals surface area contributed by atoms with Crippen LogP contribution in [0.2, 0.25) is 0 Å². The molecule has 148 valence electrons. The molecule has 1 aliphatic heterocycles. The van der Waals surface area contributed by atoms with E-state index in [9.17, 15) is 14.7 Å². The van der Waals surface area contributed by atoms with E-state index in [1.165, 1.54) is 11.3 Å². The summed E-state index contributed by atoms with van der Waals surface area (Å²) in [4.78, 5) is 28.3. The van der Waals surface area contributed by atoms with E-state index in [1.807, 2.05) is 36.6 Å². The first-order chi connectivity index (χ1) is 14.0. The van der Waals surface area contributed by atoms with Crippen molar-refractivity contribution >= 4 is 34.6 Å². The number of nitrogens with one attached hydrogen (secondary N) is 2. The zero-order valence-corrected chi connectivity index (χ0v) is 16.7. The summed E-state index contributed by atoms with van der Waals surface area (Å²) in [7, 11) is 0. The molecule has 0 unspecified atom stereocenters. The first-order valence-corrected chi connectivity index (χ1v) is 10.2. The van der Waals surface area contributed by atoms with Crippen LogP contribution in [0.15, 0.2) is 66.0 Å². The molecule has 0 fully saturated rings. The maximum Gasteiger partial charge on any atom is 0.329 e. The third-order valence-corrected chi connectivity index (χ3v) is 5.87. The van der Waals surface area contributed by atoms with E-state index in [2.05, 4.69) is 10.6 Å². The lowest BCUT2D eigenvalue weighted by molar-refractivity contribution is -0.140. The smallest absolute Gasteiger partial charge is 0.329 e. The highest BCUT2D eigenvalue weighted by atomic mass is 32.1. The molecule has 4 rings (SSSR count). The van der Waals surface area contributed by atoms with Gasteiger partial charge in [-0.1, -0.05) is 43.3 Å². The molecule has 2 heterocycles. The number of benzene rings is 2. The van der Waals surface area contributed by atoms with Gasteiger partial charge in [0.25, 0.3) is 11.6 Å². The van der Waals surface area contributed by atoms with Crippen LogP contribution in [0.3, 0.4) is 0 Å². The van der Waals surface area contributed by atoms with Gasteiger partial charge in [0.05, 0.1) is 12.2 Å². The molecule has 3 amide bonds. The number of aliphatic hydroxyl groups is 1. The van der Waals surface area contributed by atoms with Gasteiger partial charge in [-0.2, -0.15) is 0 Å². The summed E-state index contributed by atoms with van der Waals surface area (Å²) in [6, 6.07) is 17.3. The second-order valence-corrected chi connectivity index (χ2v) is 7.80. The Kier molecular flexibility index (Phi) is 5.08. The van der Waals surface area contributed by atoms with Crippen molar-refractivity contribution in [2.75, 3.05) is 10.2 Å². The predicted molar refractivity (Wildman–Crippen MR) is 114 cm³/mol. The van der Waals surface area contributed by atoms with E-state index in [1.54, 1.807) is 36.4 Å². The number of fused-ring (bicyclic) bond motifs is 1. The van der Waals surface area contributed by atoms with Crippen molar-refractivity contribution in [1.29, 1.82) is 0 Å². The van der Waals surface area contributed by atoms with Gasteiger partial charge in [0.2, 0.25) is 0 Å². The highest BCUT2D eigenvalue weighted by Gasteiger charge is 2.51. The number of amides is 3. The van der Waals surface area contributed by atoms with Gasteiger partial charge in [-0.05, 0) is 41.6 Å². The van der Waals surface area contributed by atoms with E-state index in [0.29, 0.717) is 16.9 Å². The summed E-state index contributed by atoms with van der Waals surface area (Å²) in [5.41, 5.74) is 0.0833. The average Bonchev–Trinajstić information content (AvgIpc) is 3.26. The van der Waals surface area contributed by atoms with Crippen LogP contribution in [0.4, 0.5) is 16.2 Å². The maximum atomic E-state index is 13.3. The highest BCUT2D eigenvalue weighted by molar-refractivity contribution is 7.09. The van der Waals surface area contributed by atoms with Crippen LogP contribution >= 0.6 is 11.3 Å². The van der Waals surface area contributed by atoms with Crippen molar-refractivity contribution in [3.8, 4) is 0 Å². The van der Waals surface area contributed by atoms with Crippen molar-refractivity contribution in [3.63, 3.8) is 0 Å². The molecular formula is C22H21N3O3S. The minimum absolute atomic E-state index is 0.269. The summed E-state index contributed by atoms with van der Waals surface area (Å²) in [5.74, 6) is -0.659. The Morgan fingerprint density at radius 3 is 2.59 bits per heavy atom. The third kappa shape index (κ3) is 3.39. The maximum absolute atomic E-state index is 13.3. The molecule has 0 radical (unpaired) electrons. The Morgan fingerprint density at radius 2 is 1.90 bits per heavy atom. The standard InChI is InChI=1S/C22H21N3O3S/c1-2-15-9-11-16(12-10-15)25-21(27)24-19-8-4-3-7-18(19)22(25,28)20(26)23-14-17-6-5-13-29-17/h3-13,28H,2,14H2,1H3,(H,23,26)(H,24,27)/t22-/m1/s1. The fourth-order valence-electron chi connectivity index (χ4n) is 3.45. The monoisotopic (exact) mass is 407 g/mol. The summed E-state index contributed by atoms with van der Waals surface area (Å²) >= 11 is 1.51. The van der Waals surface area contributed by atoms with Crippen LogP contribution in [0.5, 0.6) is 0 Å². The number of para-hydroxylation sites is 1. The molecule has 0 bridgehead atoms. The molecule has 2 aromatic carbocycles. The van der Waals surface area contributed by atoms with Gasteiger partial charge in [0.15, 0.2) is 0 Å². The number of aryl methyl sites for hydroxylation is 1. The Balaban J connectivity index is 1.77. The minimum Gasteiger partial charge on any atom is -0.359 e. The van der Waals surface area contributed by atoms with Crippen molar-refractivity contribution in [2.24, 2.45) is 0 Å². The normalized spacial score (nSPS) is 18.1. The van der Waals surface area contributed by atoms with Crippen molar-refractivity contribution in [2.45, 2.75) is 25.6 Å². The van der Waals surface area contributed by atoms with Gasteiger partial charge in [-0.15, -0.1) is 11.3 Å². The molecule has 3 aromatic rings. The first-order valence-electron chi connectivity index (χ1n) is 9.36. The number of hydrogen-bond acceptors (Lipinski definition) is 4. The van der Waals surface area contributed by atoms with Gasteiger partial charge in [-0.25, -0.2) is 4.79 Å². The molecule has 3 N–H and O–H groups in total. The number of anilines is 2. The van der Waals surface area contributed by atoms with Crippen LogP contribution in [0.1, 0.15) is 22.9 Å². The third-order valence-electron chi connectivity index (χ3n) is 4.99. The number of rotatable bonds is 5. The van der Waals surface area contributed by atoms with E-state index >= 15 is 0 Å². The summed E-state index contributed by atoms with van der Waals surface area (Å²) < 4.78 is 0. The topological polar surface area (TPSA) is 81.7 Å². The molecular weight excluding hydrogens is 386 g/mol. The van der Waals surface area contributed by atoms with Crippen molar-refractivity contribution in [3.05, 3.63) is 82.0 Å². The SMILES string of the molecule is CCc1ccc(N2C(=O)Nc3ccccc3[C@@]2(O)C(=O)NCc2cccs2)cc1. The second kappa shape index (κ2) is 7.69. The number of carbonyl (C=O) groups is 2. The Bertz CT molecular complexity index is 1030. The number of urea groups is 1. The van der Waals surface area contributed by atoms with Crippen LogP contribution < -0.4 is 15.5 Å². The molecule has 0 aliphatic carbocycles. The summed E-state index contributed by atoms with van der Waals surface area (Å²) in [6.45, 7) is 2.30. The van der Waals surface area contributed by atoms with Crippen molar-refractivity contribution < 1.29 is 14.7 Å². The highest BCUT2D eigenvalue weighted by Crippen LogP contribution is 2.39. The van der Waals surface area contributed by atoms with E-state index in [0.717, 1.165) is 21.8 Å². The van der Waals surface area contributed by atoms with E-state index in [-0.39, 0.29) is 6.54 Å². The lowest BCUT2D eigenvalue weighted by atomic mass is 9.94. The second-order valence-electron chi connectivity index (χ2n) is 6.77. The Hall–Kier alpha value is -3.16. The van der Waals surface area contributed by atoms with E-state index < -0.39 is 17.7 Å². The van der Waals surface area contributed by atoms with Gasteiger partial charge >= 0.3 is 6.03 Å². The Labute approximate surface area is 172 Å². The van der Waals surface area contributed by atoms with Crippen LogP contribution in [-0.2, 0) is 23.5 Å². The van der Waals surface area contributed by atoms with Crippen LogP contribution in [0, 0.1) is 0 Å². The zero-order chi connectivity index (χ0) is 20.4. The number of thiophene rings is 1. The molecule has 1 atom stereocenters.